The predicted octanol–water partition coefficient (Wildman–Crippen LogP) is 2.95. The number of piperidine rings is 1. The van der Waals surface area contributed by atoms with E-state index in [1.54, 1.807) is 11.4 Å². The highest BCUT2D eigenvalue weighted by molar-refractivity contribution is 7.14. The molecule has 4 rings (SSSR count). The van der Waals surface area contributed by atoms with Gasteiger partial charge in [-0.05, 0) is 44.5 Å². The third-order valence-corrected chi connectivity index (χ3v) is 6.93. The number of nitrogens with one attached hydrogen (secondary N) is 1. The zero-order valence-electron chi connectivity index (χ0n) is 18.2. The number of hydrogen-bond donors (Lipinski definition) is 1. The van der Waals surface area contributed by atoms with Crippen LogP contribution in [0.2, 0.25) is 0 Å². The van der Waals surface area contributed by atoms with Crippen LogP contribution in [-0.4, -0.2) is 83.9 Å². The van der Waals surface area contributed by atoms with E-state index in [1.807, 2.05) is 30.0 Å². The maximum Gasteiger partial charge on any atom is 0.273 e. The fraction of sp³-hybridized carbons (Fsp3) is 0.522. The van der Waals surface area contributed by atoms with Crippen molar-refractivity contribution >= 4 is 28.3 Å². The lowest BCUT2D eigenvalue weighted by Gasteiger charge is -2.36. The van der Waals surface area contributed by atoms with Crippen LogP contribution in [0.5, 0.6) is 0 Å². The molecule has 0 atom stereocenters. The summed E-state index contributed by atoms with van der Waals surface area (Å²) in [6.45, 7) is 9.81. The predicted molar refractivity (Wildman–Crippen MR) is 124 cm³/mol. The van der Waals surface area contributed by atoms with Crippen molar-refractivity contribution in [2.45, 2.75) is 26.2 Å². The summed E-state index contributed by atoms with van der Waals surface area (Å²) < 4.78 is 0. The zero-order chi connectivity index (χ0) is 21.6. The van der Waals surface area contributed by atoms with Crippen LogP contribution in [-0.2, 0) is 0 Å². The first-order valence-corrected chi connectivity index (χ1v) is 12.0. The molecule has 0 saturated carbocycles. The molecule has 2 amide bonds. The van der Waals surface area contributed by atoms with E-state index in [4.69, 9.17) is 0 Å². The van der Waals surface area contributed by atoms with Gasteiger partial charge < -0.3 is 9.80 Å². The van der Waals surface area contributed by atoms with Gasteiger partial charge in [-0.2, -0.15) is 0 Å². The summed E-state index contributed by atoms with van der Waals surface area (Å²) in [5, 5.41) is 5.01. The van der Waals surface area contributed by atoms with E-state index in [0.717, 1.165) is 44.8 Å². The lowest BCUT2D eigenvalue weighted by molar-refractivity contribution is 0.0614. The third-order valence-electron chi connectivity index (χ3n) is 6.17. The van der Waals surface area contributed by atoms with Crippen LogP contribution in [0.3, 0.4) is 0 Å². The largest absolute Gasteiger partial charge is 0.335 e. The minimum absolute atomic E-state index is 0.0525. The standard InChI is InChI=1S/C23H31N5O2S/c1-18-7-3-4-8-19(18)21(29)25-23-24-20(17-31-23)22(30)28-15-13-27(14-16-28)12-11-26-9-5-2-6-10-26/h3-4,7-8,17H,2,5-6,9-16H2,1H3,(H,24,25,29). The fourth-order valence-corrected chi connectivity index (χ4v) is 4.90. The van der Waals surface area contributed by atoms with Crippen LogP contribution in [0.25, 0.3) is 0 Å². The Balaban J connectivity index is 1.25. The number of aryl methyl sites for hydroxylation is 1. The molecule has 0 radical (unpaired) electrons. The molecule has 1 N–H and O–H groups in total. The summed E-state index contributed by atoms with van der Waals surface area (Å²) in [6, 6.07) is 7.43. The molecule has 2 aliphatic heterocycles. The van der Waals surface area contributed by atoms with Crippen molar-refractivity contribution in [1.82, 2.24) is 19.7 Å². The third kappa shape index (κ3) is 5.70. The first-order chi connectivity index (χ1) is 15.1. The molecule has 7 nitrogen and oxygen atoms in total. The molecule has 8 heteroatoms. The molecular formula is C23H31N5O2S. The quantitative estimate of drug-likeness (QED) is 0.747. The Labute approximate surface area is 188 Å². The Morgan fingerprint density at radius 3 is 2.35 bits per heavy atom. The SMILES string of the molecule is Cc1ccccc1C(=O)Nc1nc(C(=O)N2CCN(CCN3CCCCC3)CC2)cs1. The number of thiazole rings is 1. The first kappa shape index (κ1) is 21.9. The number of nitrogens with zero attached hydrogens (tertiary/aromatic N) is 4. The van der Waals surface area contributed by atoms with Gasteiger partial charge in [-0.1, -0.05) is 24.6 Å². The van der Waals surface area contributed by atoms with Crippen molar-refractivity contribution in [2.24, 2.45) is 0 Å². The molecule has 2 aromatic rings. The van der Waals surface area contributed by atoms with E-state index in [-0.39, 0.29) is 11.8 Å². The van der Waals surface area contributed by atoms with E-state index < -0.39 is 0 Å². The van der Waals surface area contributed by atoms with Crippen LogP contribution in [0.15, 0.2) is 29.6 Å². The number of rotatable bonds is 6. The Bertz CT molecular complexity index is 901. The van der Waals surface area contributed by atoms with Gasteiger partial charge in [0.25, 0.3) is 11.8 Å². The molecule has 31 heavy (non-hydrogen) atoms. The number of amides is 2. The maximum atomic E-state index is 12.9. The lowest BCUT2D eigenvalue weighted by atomic mass is 10.1. The van der Waals surface area contributed by atoms with E-state index in [2.05, 4.69) is 20.1 Å². The molecule has 2 aliphatic rings. The summed E-state index contributed by atoms with van der Waals surface area (Å²) >= 11 is 1.29. The first-order valence-electron chi connectivity index (χ1n) is 11.2. The van der Waals surface area contributed by atoms with Gasteiger partial charge in [0.15, 0.2) is 5.13 Å². The van der Waals surface area contributed by atoms with Gasteiger partial charge in [0.1, 0.15) is 5.69 Å². The van der Waals surface area contributed by atoms with Crippen LogP contribution in [0.1, 0.15) is 45.7 Å². The highest BCUT2D eigenvalue weighted by atomic mass is 32.1. The second-order valence-corrected chi connectivity index (χ2v) is 9.20. The van der Waals surface area contributed by atoms with Gasteiger partial charge >= 0.3 is 0 Å². The molecule has 166 valence electrons. The van der Waals surface area contributed by atoms with Gasteiger partial charge in [0, 0.05) is 50.2 Å². The van der Waals surface area contributed by atoms with Gasteiger partial charge in [0.2, 0.25) is 0 Å². The minimum atomic E-state index is -0.200. The van der Waals surface area contributed by atoms with Crippen molar-refractivity contribution in [3.8, 4) is 0 Å². The molecule has 0 unspecified atom stereocenters. The maximum absolute atomic E-state index is 12.9. The second-order valence-electron chi connectivity index (χ2n) is 8.34. The van der Waals surface area contributed by atoms with Crippen LogP contribution < -0.4 is 5.32 Å². The summed E-state index contributed by atoms with van der Waals surface area (Å²) in [4.78, 5) is 36.6. The molecule has 0 aliphatic carbocycles. The van der Waals surface area contributed by atoms with Crippen molar-refractivity contribution in [2.75, 3.05) is 57.7 Å². The summed E-state index contributed by atoms with van der Waals surface area (Å²) in [5.41, 5.74) is 1.93. The number of benzene rings is 1. The summed E-state index contributed by atoms with van der Waals surface area (Å²) in [7, 11) is 0. The topological polar surface area (TPSA) is 68.8 Å². The lowest BCUT2D eigenvalue weighted by Crippen LogP contribution is -2.50. The van der Waals surface area contributed by atoms with Gasteiger partial charge in [-0.15, -0.1) is 11.3 Å². The van der Waals surface area contributed by atoms with Crippen LogP contribution in [0.4, 0.5) is 5.13 Å². The fourth-order valence-electron chi connectivity index (χ4n) is 4.22. The highest BCUT2D eigenvalue weighted by Crippen LogP contribution is 2.19. The number of likely N-dealkylation sites (tertiary alicyclic amines) is 1. The molecule has 1 aromatic heterocycles. The van der Waals surface area contributed by atoms with Crippen molar-refractivity contribution in [1.29, 1.82) is 0 Å². The average molecular weight is 442 g/mol. The van der Waals surface area contributed by atoms with E-state index >= 15 is 0 Å². The summed E-state index contributed by atoms with van der Waals surface area (Å²) in [5.74, 6) is -0.253. The number of carbonyl (C=O) groups excluding carboxylic acids is 2. The smallest absolute Gasteiger partial charge is 0.273 e. The van der Waals surface area contributed by atoms with E-state index in [1.165, 1.54) is 43.7 Å². The molecule has 0 spiro atoms. The number of aromatic nitrogens is 1. The molecule has 2 saturated heterocycles. The van der Waals surface area contributed by atoms with Gasteiger partial charge in [-0.25, -0.2) is 4.98 Å². The van der Waals surface area contributed by atoms with Crippen LogP contribution in [0, 0.1) is 6.92 Å². The molecular weight excluding hydrogens is 410 g/mol. The molecule has 1 aromatic carbocycles. The normalized spacial score (nSPS) is 18.2. The number of carbonyl (C=O) groups is 2. The van der Waals surface area contributed by atoms with Crippen LogP contribution >= 0.6 is 11.3 Å². The Hall–Kier alpha value is -2.29. The molecule has 0 bridgehead atoms. The number of anilines is 1. The van der Waals surface area contributed by atoms with Crippen molar-refractivity contribution < 1.29 is 9.59 Å². The number of piperazine rings is 1. The highest BCUT2D eigenvalue weighted by Gasteiger charge is 2.24. The second kappa shape index (κ2) is 10.3. The van der Waals surface area contributed by atoms with Crippen molar-refractivity contribution in [3.05, 3.63) is 46.5 Å². The zero-order valence-corrected chi connectivity index (χ0v) is 19.0. The molecule has 3 heterocycles. The van der Waals surface area contributed by atoms with Gasteiger partial charge in [-0.3, -0.25) is 19.8 Å². The summed E-state index contributed by atoms with van der Waals surface area (Å²) in [6.07, 6.45) is 4.01. The van der Waals surface area contributed by atoms with Gasteiger partial charge in [0.05, 0.1) is 0 Å². The number of hydrogen-bond acceptors (Lipinski definition) is 6. The monoisotopic (exact) mass is 441 g/mol. The Morgan fingerprint density at radius 1 is 0.968 bits per heavy atom. The minimum Gasteiger partial charge on any atom is -0.335 e. The van der Waals surface area contributed by atoms with E-state index in [0.29, 0.717) is 16.4 Å². The van der Waals surface area contributed by atoms with E-state index in [9.17, 15) is 9.59 Å². The molecule has 2 fully saturated rings. The average Bonchev–Trinajstić information content (AvgIpc) is 3.27. The Kier molecular flexibility index (Phi) is 7.32. The Morgan fingerprint density at radius 2 is 1.65 bits per heavy atom. The van der Waals surface area contributed by atoms with Crippen molar-refractivity contribution in [3.63, 3.8) is 0 Å².